The molecule has 0 aliphatic rings. The molecule has 0 radical (unpaired) electrons. The summed E-state index contributed by atoms with van der Waals surface area (Å²) in [7, 11) is 0. The zero-order chi connectivity index (χ0) is 17.0. The van der Waals surface area contributed by atoms with Crippen LogP contribution in [0.4, 0.5) is 5.69 Å². The number of anilines is 1. The SMILES string of the molecule is CCCCCCCCOc1ccc(NC(=O)c2ccncc2)cc1. The van der Waals surface area contributed by atoms with E-state index in [-0.39, 0.29) is 5.91 Å². The Morgan fingerprint density at radius 3 is 2.33 bits per heavy atom. The van der Waals surface area contributed by atoms with Crippen molar-refractivity contribution in [3.8, 4) is 5.75 Å². The van der Waals surface area contributed by atoms with Gasteiger partial charge in [0.25, 0.3) is 5.91 Å². The Bertz CT molecular complexity index is 597. The Morgan fingerprint density at radius 1 is 0.958 bits per heavy atom. The van der Waals surface area contributed by atoms with Crippen LogP contribution in [0.5, 0.6) is 5.75 Å². The molecule has 1 aromatic heterocycles. The number of nitrogens with one attached hydrogen (secondary N) is 1. The molecule has 4 nitrogen and oxygen atoms in total. The number of hydrogen-bond acceptors (Lipinski definition) is 3. The van der Waals surface area contributed by atoms with E-state index < -0.39 is 0 Å². The molecule has 0 unspecified atom stereocenters. The maximum atomic E-state index is 12.0. The Labute approximate surface area is 144 Å². The lowest BCUT2D eigenvalue weighted by Crippen LogP contribution is -2.11. The number of carbonyl (C=O) groups is 1. The fourth-order valence-corrected chi connectivity index (χ4v) is 2.41. The van der Waals surface area contributed by atoms with Gasteiger partial charge in [-0.3, -0.25) is 9.78 Å². The molecule has 1 amide bonds. The molecular formula is C20H26N2O2. The minimum absolute atomic E-state index is 0.141. The molecule has 4 heteroatoms. The van der Waals surface area contributed by atoms with E-state index >= 15 is 0 Å². The molecular weight excluding hydrogens is 300 g/mol. The first kappa shape index (κ1) is 18.0. The van der Waals surface area contributed by atoms with Crippen LogP contribution in [0.15, 0.2) is 48.8 Å². The zero-order valence-corrected chi connectivity index (χ0v) is 14.3. The number of rotatable bonds is 10. The van der Waals surface area contributed by atoms with Crippen LogP contribution >= 0.6 is 0 Å². The third kappa shape index (κ3) is 6.41. The van der Waals surface area contributed by atoms with E-state index in [1.807, 2.05) is 24.3 Å². The number of hydrogen-bond donors (Lipinski definition) is 1. The minimum atomic E-state index is -0.141. The molecule has 1 N–H and O–H groups in total. The number of unbranched alkanes of at least 4 members (excludes halogenated alkanes) is 5. The number of ether oxygens (including phenoxy) is 1. The maximum Gasteiger partial charge on any atom is 0.255 e. The van der Waals surface area contributed by atoms with E-state index in [1.54, 1.807) is 24.5 Å². The summed E-state index contributed by atoms with van der Waals surface area (Å²) in [5.41, 5.74) is 1.34. The van der Waals surface area contributed by atoms with Gasteiger partial charge in [-0.1, -0.05) is 39.0 Å². The van der Waals surface area contributed by atoms with Crippen molar-refractivity contribution in [1.82, 2.24) is 4.98 Å². The molecule has 1 aromatic carbocycles. The number of amides is 1. The Hall–Kier alpha value is -2.36. The molecule has 0 bridgehead atoms. The highest BCUT2D eigenvalue weighted by Gasteiger charge is 2.05. The number of nitrogens with zero attached hydrogens (tertiary/aromatic N) is 1. The van der Waals surface area contributed by atoms with Crippen molar-refractivity contribution in [3.05, 3.63) is 54.4 Å². The first-order chi connectivity index (χ1) is 11.8. The molecule has 0 saturated carbocycles. The normalized spacial score (nSPS) is 10.4. The van der Waals surface area contributed by atoms with Crippen molar-refractivity contribution in [2.45, 2.75) is 45.4 Å². The first-order valence-electron chi connectivity index (χ1n) is 8.74. The van der Waals surface area contributed by atoms with Crippen molar-refractivity contribution >= 4 is 11.6 Å². The average molecular weight is 326 g/mol. The predicted octanol–water partition coefficient (Wildman–Crippen LogP) is 5.07. The van der Waals surface area contributed by atoms with Gasteiger partial charge in [-0.2, -0.15) is 0 Å². The monoisotopic (exact) mass is 326 g/mol. The third-order valence-corrected chi connectivity index (χ3v) is 3.82. The first-order valence-corrected chi connectivity index (χ1v) is 8.74. The number of benzene rings is 1. The Kier molecular flexibility index (Phi) is 7.81. The highest BCUT2D eigenvalue weighted by atomic mass is 16.5. The highest BCUT2D eigenvalue weighted by molar-refractivity contribution is 6.04. The van der Waals surface area contributed by atoms with Crippen LogP contribution in [0.1, 0.15) is 55.8 Å². The van der Waals surface area contributed by atoms with Crippen LogP contribution in [0.2, 0.25) is 0 Å². The van der Waals surface area contributed by atoms with E-state index in [0.717, 1.165) is 24.5 Å². The molecule has 2 rings (SSSR count). The van der Waals surface area contributed by atoms with E-state index in [9.17, 15) is 4.79 Å². The summed E-state index contributed by atoms with van der Waals surface area (Å²) in [5.74, 6) is 0.698. The van der Waals surface area contributed by atoms with Gasteiger partial charge >= 0.3 is 0 Å². The second-order valence-electron chi connectivity index (χ2n) is 5.83. The smallest absolute Gasteiger partial charge is 0.255 e. The molecule has 1 heterocycles. The van der Waals surface area contributed by atoms with Gasteiger partial charge in [-0.25, -0.2) is 0 Å². The summed E-state index contributed by atoms with van der Waals surface area (Å²) in [6.45, 7) is 2.97. The Morgan fingerprint density at radius 2 is 1.62 bits per heavy atom. The van der Waals surface area contributed by atoms with Gasteiger partial charge in [0.1, 0.15) is 5.75 Å². The lowest BCUT2D eigenvalue weighted by atomic mass is 10.1. The summed E-state index contributed by atoms with van der Waals surface area (Å²) < 4.78 is 5.74. The summed E-state index contributed by atoms with van der Waals surface area (Å²) in [6.07, 6.45) is 10.7. The van der Waals surface area contributed by atoms with Crippen LogP contribution in [-0.2, 0) is 0 Å². The van der Waals surface area contributed by atoms with Crippen LogP contribution in [-0.4, -0.2) is 17.5 Å². The molecule has 128 valence electrons. The zero-order valence-electron chi connectivity index (χ0n) is 14.3. The molecule has 0 aliphatic carbocycles. The largest absolute Gasteiger partial charge is 0.494 e. The van der Waals surface area contributed by atoms with Crippen molar-refractivity contribution in [3.63, 3.8) is 0 Å². The Balaban J connectivity index is 1.70. The summed E-state index contributed by atoms with van der Waals surface area (Å²) in [5, 5.41) is 2.86. The highest BCUT2D eigenvalue weighted by Crippen LogP contribution is 2.17. The number of pyridine rings is 1. The molecule has 0 aliphatic heterocycles. The summed E-state index contributed by atoms with van der Waals surface area (Å²) in [6, 6.07) is 10.9. The lowest BCUT2D eigenvalue weighted by molar-refractivity contribution is 0.102. The minimum Gasteiger partial charge on any atom is -0.494 e. The van der Waals surface area contributed by atoms with Crippen LogP contribution in [0.25, 0.3) is 0 Å². The number of carbonyl (C=O) groups excluding carboxylic acids is 1. The fraction of sp³-hybridized carbons (Fsp3) is 0.400. The van der Waals surface area contributed by atoms with Gasteiger partial charge in [0.2, 0.25) is 0 Å². The topological polar surface area (TPSA) is 51.2 Å². The fourth-order valence-electron chi connectivity index (χ4n) is 2.41. The van der Waals surface area contributed by atoms with Crippen molar-refractivity contribution in [2.75, 3.05) is 11.9 Å². The summed E-state index contributed by atoms with van der Waals surface area (Å²) in [4.78, 5) is 16.0. The van der Waals surface area contributed by atoms with Crippen LogP contribution in [0.3, 0.4) is 0 Å². The van der Waals surface area contributed by atoms with Gasteiger partial charge in [-0.15, -0.1) is 0 Å². The quantitative estimate of drug-likeness (QED) is 0.620. The van der Waals surface area contributed by atoms with Crippen LogP contribution < -0.4 is 10.1 Å². The van der Waals surface area contributed by atoms with Gasteiger partial charge in [0.05, 0.1) is 6.61 Å². The van der Waals surface area contributed by atoms with Crippen molar-refractivity contribution in [1.29, 1.82) is 0 Å². The molecule has 0 atom stereocenters. The van der Waals surface area contributed by atoms with Gasteiger partial charge < -0.3 is 10.1 Å². The van der Waals surface area contributed by atoms with Crippen molar-refractivity contribution < 1.29 is 9.53 Å². The molecule has 0 fully saturated rings. The van der Waals surface area contributed by atoms with E-state index in [0.29, 0.717) is 5.56 Å². The van der Waals surface area contributed by atoms with E-state index in [2.05, 4.69) is 17.2 Å². The van der Waals surface area contributed by atoms with E-state index in [1.165, 1.54) is 32.1 Å². The molecule has 2 aromatic rings. The molecule has 0 saturated heterocycles. The standard InChI is InChI=1S/C20H26N2O2/c1-2-3-4-5-6-7-16-24-19-10-8-18(9-11-19)22-20(23)17-12-14-21-15-13-17/h8-15H,2-7,16H2,1H3,(H,22,23). The predicted molar refractivity (Wildman–Crippen MR) is 97.5 cm³/mol. The van der Waals surface area contributed by atoms with Gasteiger partial charge in [0.15, 0.2) is 0 Å². The maximum absolute atomic E-state index is 12.0. The summed E-state index contributed by atoms with van der Waals surface area (Å²) >= 11 is 0. The average Bonchev–Trinajstić information content (AvgIpc) is 2.63. The second-order valence-corrected chi connectivity index (χ2v) is 5.83. The third-order valence-electron chi connectivity index (χ3n) is 3.82. The molecule has 24 heavy (non-hydrogen) atoms. The number of aromatic nitrogens is 1. The van der Waals surface area contributed by atoms with Crippen LogP contribution in [0, 0.1) is 0 Å². The van der Waals surface area contributed by atoms with Gasteiger partial charge in [-0.05, 0) is 42.8 Å². The lowest BCUT2D eigenvalue weighted by Gasteiger charge is -2.08. The van der Waals surface area contributed by atoms with Crippen molar-refractivity contribution in [2.24, 2.45) is 0 Å². The molecule has 0 spiro atoms. The second kappa shape index (κ2) is 10.4. The van der Waals surface area contributed by atoms with Gasteiger partial charge in [0, 0.05) is 23.6 Å². The van der Waals surface area contributed by atoms with E-state index in [4.69, 9.17) is 4.74 Å².